The van der Waals surface area contributed by atoms with Gasteiger partial charge in [0.1, 0.15) is 0 Å². The molecule has 108 valence electrons. The summed E-state index contributed by atoms with van der Waals surface area (Å²) in [4.78, 5) is 0. The first-order valence-electron chi connectivity index (χ1n) is 7.09. The van der Waals surface area contributed by atoms with Crippen molar-refractivity contribution in [1.82, 2.24) is 15.1 Å². The average Bonchev–Trinajstić information content (AvgIpc) is 2.92. The van der Waals surface area contributed by atoms with Crippen LogP contribution >= 0.6 is 0 Å². The highest BCUT2D eigenvalue weighted by molar-refractivity contribution is 5.04. The third-order valence-electron chi connectivity index (χ3n) is 3.77. The Labute approximate surface area is 115 Å². The first kappa shape index (κ1) is 14.5. The first-order chi connectivity index (χ1) is 9.33. The van der Waals surface area contributed by atoms with Gasteiger partial charge in [0.05, 0.1) is 24.9 Å². The summed E-state index contributed by atoms with van der Waals surface area (Å²) >= 11 is 0. The minimum absolute atomic E-state index is 0.395. The van der Waals surface area contributed by atoms with Crippen LogP contribution in [-0.4, -0.2) is 43.3 Å². The van der Waals surface area contributed by atoms with Crippen molar-refractivity contribution in [2.45, 2.75) is 44.4 Å². The molecular formula is C14H25N3O2. The Bertz CT molecular complexity index is 367. The molecule has 0 radical (unpaired) electrons. The van der Waals surface area contributed by atoms with Crippen LogP contribution < -0.4 is 5.32 Å². The maximum absolute atomic E-state index is 5.47. The van der Waals surface area contributed by atoms with Crippen molar-refractivity contribution in [3.05, 3.63) is 18.0 Å². The lowest BCUT2D eigenvalue weighted by Gasteiger charge is -2.28. The van der Waals surface area contributed by atoms with Gasteiger partial charge in [-0.3, -0.25) is 4.68 Å². The van der Waals surface area contributed by atoms with Crippen molar-refractivity contribution in [1.29, 1.82) is 0 Å². The molecule has 1 aliphatic rings. The molecule has 0 aromatic carbocycles. The predicted octanol–water partition coefficient (Wildman–Crippen LogP) is 1.75. The van der Waals surface area contributed by atoms with Gasteiger partial charge < -0.3 is 14.8 Å². The summed E-state index contributed by atoms with van der Waals surface area (Å²) < 4.78 is 12.6. The standard InChI is InChI=1S/C14H25N3O2/c1-18-7-6-15-9-12-10-16-17(11-12)13-4-3-5-14(8-13)19-2/h10-11,13-15H,3-9H2,1-2H3. The van der Waals surface area contributed by atoms with E-state index in [1.807, 2.05) is 6.20 Å². The molecule has 0 saturated heterocycles. The molecule has 1 N–H and O–H groups in total. The maximum Gasteiger partial charge on any atom is 0.0591 e. The average molecular weight is 267 g/mol. The van der Waals surface area contributed by atoms with Gasteiger partial charge in [0, 0.05) is 39.1 Å². The van der Waals surface area contributed by atoms with Crippen molar-refractivity contribution in [2.24, 2.45) is 0 Å². The molecule has 2 unspecified atom stereocenters. The molecule has 1 aliphatic carbocycles. The molecule has 5 nitrogen and oxygen atoms in total. The van der Waals surface area contributed by atoms with Crippen molar-refractivity contribution in [2.75, 3.05) is 27.4 Å². The van der Waals surface area contributed by atoms with Gasteiger partial charge in [-0.2, -0.15) is 5.10 Å². The van der Waals surface area contributed by atoms with Crippen LogP contribution in [-0.2, 0) is 16.0 Å². The fraction of sp³-hybridized carbons (Fsp3) is 0.786. The first-order valence-corrected chi connectivity index (χ1v) is 7.09. The lowest BCUT2D eigenvalue weighted by molar-refractivity contribution is 0.0508. The smallest absolute Gasteiger partial charge is 0.0591 e. The van der Waals surface area contributed by atoms with Gasteiger partial charge in [-0.15, -0.1) is 0 Å². The lowest BCUT2D eigenvalue weighted by Crippen LogP contribution is -2.24. The zero-order valence-corrected chi connectivity index (χ0v) is 12.0. The van der Waals surface area contributed by atoms with Gasteiger partial charge in [0.15, 0.2) is 0 Å². The Hall–Kier alpha value is -0.910. The number of rotatable bonds is 7. The van der Waals surface area contributed by atoms with Crippen LogP contribution in [0.2, 0.25) is 0 Å². The summed E-state index contributed by atoms with van der Waals surface area (Å²) in [5.41, 5.74) is 1.23. The SMILES string of the molecule is COCCNCc1cnn(C2CCCC(OC)C2)c1. The molecular weight excluding hydrogens is 242 g/mol. The number of hydrogen-bond acceptors (Lipinski definition) is 4. The van der Waals surface area contributed by atoms with Gasteiger partial charge >= 0.3 is 0 Å². The maximum atomic E-state index is 5.47. The molecule has 1 aromatic rings. The molecule has 1 heterocycles. The highest BCUT2D eigenvalue weighted by Gasteiger charge is 2.23. The second kappa shape index (κ2) is 7.62. The molecule has 1 aromatic heterocycles. The Kier molecular flexibility index (Phi) is 5.82. The van der Waals surface area contributed by atoms with E-state index in [9.17, 15) is 0 Å². The van der Waals surface area contributed by atoms with E-state index in [1.165, 1.54) is 24.8 Å². The lowest BCUT2D eigenvalue weighted by atomic mass is 9.93. The van der Waals surface area contributed by atoms with E-state index < -0.39 is 0 Å². The van der Waals surface area contributed by atoms with E-state index in [1.54, 1.807) is 14.2 Å². The third-order valence-corrected chi connectivity index (χ3v) is 3.77. The minimum Gasteiger partial charge on any atom is -0.383 e. The van der Waals surface area contributed by atoms with Crippen LogP contribution in [0.25, 0.3) is 0 Å². The van der Waals surface area contributed by atoms with Gasteiger partial charge in [0.25, 0.3) is 0 Å². The quantitative estimate of drug-likeness (QED) is 0.765. The summed E-state index contributed by atoms with van der Waals surface area (Å²) in [5, 5.41) is 7.83. The topological polar surface area (TPSA) is 48.3 Å². The molecule has 1 fully saturated rings. The Balaban J connectivity index is 1.82. The van der Waals surface area contributed by atoms with Gasteiger partial charge in [-0.25, -0.2) is 0 Å². The van der Waals surface area contributed by atoms with Crippen LogP contribution in [0, 0.1) is 0 Å². The molecule has 0 aliphatic heterocycles. The number of hydrogen-bond donors (Lipinski definition) is 1. The summed E-state index contributed by atoms with van der Waals surface area (Å²) in [6.45, 7) is 2.47. The molecule has 0 spiro atoms. The van der Waals surface area contributed by atoms with E-state index >= 15 is 0 Å². The monoisotopic (exact) mass is 267 g/mol. The number of nitrogens with one attached hydrogen (secondary N) is 1. The largest absolute Gasteiger partial charge is 0.383 e. The molecule has 19 heavy (non-hydrogen) atoms. The normalized spacial score (nSPS) is 23.7. The van der Waals surface area contributed by atoms with Crippen LogP contribution in [0.1, 0.15) is 37.3 Å². The van der Waals surface area contributed by atoms with Crippen molar-refractivity contribution >= 4 is 0 Å². The number of aromatic nitrogens is 2. The zero-order valence-electron chi connectivity index (χ0n) is 12.0. The fourth-order valence-electron chi connectivity index (χ4n) is 2.65. The van der Waals surface area contributed by atoms with E-state index in [0.29, 0.717) is 12.1 Å². The molecule has 0 amide bonds. The zero-order chi connectivity index (χ0) is 13.5. The number of nitrogens with zero attached hydrogens (tertiary/aromatic N) is 2. The summed E-state index contributed by atoms with van der Waals surface area (Å²) in [6.07, 6.45) is 9.20. The van der Waals surface area contributed by atoms with E-state index in [0.717, 1.165) is 26.1 Å². The van der Waals surface area contributed by atoms with Crippen LogP contribution in [0.5, 0.6) is 0 Å². The van der Waals surface area contributed by atoms with E-state index in [-0.39, 0.29) is 0 Å². The molecule has 5 heteroatoms. The predicted molar refractivity (Wildman–Crippen MR) is 74.1 cm³/mol. The Morgan fingerprint density at radius 2 is 2.32 bits per heavy atom. The minimum atomic E-state index is 0.395. The highest BCUT2D eigenvalue weighted by Crippen LogP contribution is 2.29. The van der Waals surface area contributed by atoms with Gasteiger partial charge in [0.2, 0.25) is 0 Å². The number of methoxy groups -OCH3 is 2. The second-order valence-corrected chi connectivity index (χ2v) is 5.18. The summed E-state index contributed by atoms with van der Waals surface area (Å²) in [5.74, 6) is 0. The van der Waals surface area contributed by atoms with Crippen molar-refractivity contribution < 1.29 is 9.47 Å². The molecule has 0 bridgehead atoms. The third kappa shape index (κ3) is 4.30. The number of ether oxygens (including phenoxy) is 2. The van der Waals surface area contributed by atoms with E-state index in [2.05, 4.69) is 21.3 Å². The van der Waals surface area contributed by atoms with Crippen LogP contribution in [0.15, 0.2) is 12.4 Å². The van der Waals surface area contributed by atoms with Crippen molar-refractivity contribution in [3.8, 4) is 0 Å². The Morgan fingerprint density at radius 3 is 3.11 bits per heavy atom. The van der Waals surface area contributed by atoms with Gasteiger partial charge in [-0.05, 0) is 25.7 Å². The van der Waals surface area contributed by atoms with Crippen molar-refractivity contribution in [3.63, 3.8) is 0 Å². The molecule has 2 atom stereocenters. The highest BCUT2D eigenvalue weighted by atomic mass is 16.5. The van der Waals surface area contributed by atoms with Gasteiger partial charge in [-0.1, -0.05) is 0 Å². The summed E-state index contributed by atoms with van der Waals surface area (Å²) in [7, 11) is 3.52. The van der Waals surface area contributed by atoms with Crippen LogP contribution in [0.3, 0.4) is 0 Å². The summed E-state index contributed by atoms with van der Waals surface area (Å²) in [6, 6.07) is 0.492. The van der Waals surface area contributed by atoms with Crippen LogP contribution in [0.4, 0.5) is 0 Å². The second-order valence-electron chi connectivity index (χ2n) is 5.18. The molecule has 1 saturated carbocycles. The Morgan fingerprint density at radius 1 is 1.42 bits per heavy atom. The molecule has 2 rings (SSSR count). The fourth-order valence-corrected chi connectivity index (χ4v) is 2.65. The van der Waals surface area contributed by atoms with E-state index in [4.69, 9.17) is 9.47 Å².